The van der Waals surface area contributed by atoms with Gasteiger partial charge in [-0.3, -0.25) is 4.79 Å². The molecule has 0 bridgehead atoms. The van der Waals surface area contributed by atoms with E-state index in [2.05, 4.69) is 11.1 Å². The SMILES string of the molecule is C[C@H](CO)c1cccc(-c2cc(COc3ccccc3CC(=O)O)cc3ocnc23)c1. The smallest absolute Gasteiger partial charge is 0.307 e. The topological polar surface area (TPSA) is 92.8 Å². The van der Waals surface area contributed by atoms with Crippen LogP contribution in [-0.4, -0.2) is 27.8 Å². The van der Waals surface area contributed by atoms with Crippen molar-refractivity contribution in [3.8, 4) is 16.9 Å². The molecule has 0 radical (unpaired) electrons. The molecule has 0 unspecified atom stereocenters. The zero-order chi connectivity index (χ0) is 21.8. The molecule has 1 heterocycles. The van der Waals surface area contributed by atoms with E-state index in [9.17, 15) is 9.90 Å². The van der Waals surface area contributed by atoms with Crippen LogP contribution in [0.3, 0.4) is 0 Å². The van der Waals surface area contributed by atoms with Crippen LogP contribution in [0.5, 0.6) is 5.75 Å². The van der Waals surface area contributed by atoms with Gasteiger partial charge in [0.05, 0.1) is 6.42 Å². The molecule has 158 valence electrons. The summed E-state index contributed by atoms with van der Waals surface area (Å²) in [5, 5.41) is 18.6. The second kappa shape index (κ2) is 9.02. The summed E-state index contributed by atoms with van der Waals surface area (Å²) >= 11 is 0. The van der Waals surface area contributed by atoms with Crippen molar-refractivity contribution < 1.29 is 24.2 Å². The molecule has 31 heavy (non-hydrogen) atoms. The van der Waals surface area contributed by atoms with Crippen molar-refractivity contribution in [2.75, 3.05) is 6.61 Å². The number of fused-ring (bicyclic) bond motifs is 1. The molecular formula is C25H23NO5. The Morgan fingerprint density at radius 2 is 1.97 bits per heavy atom. The third kappa shape index (κ3) is 4.59. The minimum Gasteiger partial charge on any atom is -0.489 e. The van der Waals surface area contributed by atoms with E-state index in [4.69, 9.17) is 14.3 Å². The molecule has 4 aromatic rings. The molecule has 0 amide bonds. The number of carboxylic acid groups (broad SMARTS) is 1. The highest BCUT2D eigenvalue weighted by atomic mass is 16.5. The molecular weight excluding hydrogens is 394 g/mol. The molecule has 1 atom stereocenters. The Hall–Kier alpha value is -3.64. The van der Waals surface area contributed by atoms with E-state index in [0.717, 1.165) is 27.8 Å². The Bertz CT molecular complexity index is 1210. The summed E-state index contributed by atoms with van der Waals surface area (Å²) in [6, 6.07) is 19.0. The highest BCUT2D eigenvalue weighted by Gasteiger charge is 2.14. The van der Waals surface area contributed by atoms with Crippen molar-refractivity contribution in [1.82, 2.24) is 4.98 Å². The van der Waals surface area contributed by atoms with Gasteiger partial charge in [-0.05, 0) is 34.9 Å². The van der Waals surface area contributed by atoms with Gasteiger partial charge in [0.25, 0.3) is 0 Å². The zero-order valence-corrected chi connectivity index (χ0v) is 17.1. The lowest BCUT2D eigenvalue weighted by molar-refractivity contribution is -0.136. The van der Waals surface area contributed by atoms with Gasteiger partial charge in [0, 0.05) is 23.7 Å². The van der Waals surface area contributed by atoms with Crippen LogP contribution >= 0.6 is 0 Å². The van der Waals surface area contributed by atoms with E-state index >= 15 is 0 Å². The average molecular weight is 417 g/mol. The summed E-state index contributed by atoms with van der Waals surface area (Å²) in [7, 11) is 0. The van der Waals surface area contributed by atoms with Crippen LogP contribution in [0.15, 0.2) is 71.5 Å². The van der Waals surface area contributed by atoms with E-state index in [1.807, 2.05) is 43.3 Å². The van der Waals surface area contributed by atoms with Crippen LogP contribution in [0.25, 0.3) is 22.2 Å². The maximum atomic E-state index is 11.1. The van der Waals surface area contributed by atoms with E-state index in [1.54, 1.807) is 18.2 Å². The second-order valence-corrected chi connectivity index (χ2v) is 7.52. The Kier molecular flexibility index (Phi) is 6.00. The monoisotopic (exact) mass is 417 g/mol. The lowest BCUT2D eigenvalue weighted by Crippen LogP contribution is -2.04. The molecule has 1 aromatic heterocycles. The maximum Gasteiger partial charge on any atom is 0.307 e. The molecule has 0 aliphatic rings. The summed E-state index contributed by atoms with van der Waals surface area (Å²) in [5.41, 5.74) is 5.84. The maximum absolute atomic E-state index is 11.1. The fourth-order valence-corrected chi connectivity index (χ4v) is 3.56. The van der Waals surface area contributed by atoms with E-state index in [1.165, 1.54) is 6.39 Å². The molecule has 0 aliphatic carbocycles. The summed E-state index contributed by atoms with van der Waals surface area (Å²) in [4.78, 5) is 15.5. The van der Waals surface area contributed by atoms with Gasteiger partial charge < -0.3 is 19.4 Å². The Balaban J connectivity index is 1.67. The number of aliphatic hydroxyl groups excluding tert-OH is 1. The predicted molar refractivity (Wildman–Crippen MR) is 117 cm³/mol. The lowest BCUT2D eigenvalue weighted by atomic mass is 9.95. The number of carbonyl (C=O) groups is 1. The van der Waals surface area contributed by atoms with Gasteiger partial charge in [-0.15, -0.1) is 0 Å². The number of aliphatic carboxylic acids is 1. The first kappa shape index (κ1) is 20.6. The van der Waals surface area contributed by atoms with Crippen molar-refractivity contribution in [3.63, 3.8) is 0 Å². The number of hydrogen-bond donors (Lipinski definition) is 2. The molecule has 4 rings (SSSR count). The van der Waals surface area contributed by atoms with Crippen molar-refractivity contribution in [3.05, 3.63) is 83.7 Å². The van der Waals surface area contributed by atoms with Crippen LogP contribution < -0.4 is 4.74 Å². The van der Waals surface area contributed by atoms with E-state index in [-0.39, 0.29) is 25.6 Å². The summed E-state index contributed by atoms with van der Waals surface area (Å²) in [5.74, 6) is -0.328. The number of aromatic nitrogens is 1. The van der Waals surface area contributed by atoms with Gasteiger partial charge in [-0.25, -0.2) is 4.98 Å². The number of para-hydroxylation sites is 1. The van der Waals surface area contributed by atoms with Crippen LogP contribution in [0, 0.1) is 0 Å². The normalized spacial score (nSPS) is 12.1. The third-order valence-electron chi connectivity index (χ3n) is 5.25. The first-order valence-corrected chi connectivity index (χ1v) is 10.0. The summed E-state index contributed by atoms with van der Waals surface area (Å²) in [6.45, 7) is 2.31. The minimum absolute atomic E-state index is 0.0324. The summed E-state index contributed by atoms with van der Waals surface area (Å²) < 4.78 is 11.5. The average Bonchev–Trinajstić information content (AvgIpc) is 3.26. The quantitative estimate of drug-likeness (QED) is 0.428. The van der Waals surface area contributed by atoms with Crippen molar-refractivity contribution in [2.45, 2.75) is 25.9 Å². The van der Waals surface area contributed by atoms with Gasteiger partial charge in [-0.1, -0.05) is 49.4 Å². The highest BCUT2D eigenvalue weighted by molar-refractivity contribution is 5.91. The second-order valence-electron chi connectivity index (χ2n) is 7.52. The van der Waals surface area contributed by atoms with Crippen molar-refractivity contribution in [2.24, 2.45) is 0 Å². The minimum atomic E-state index is -0.904. The third-order valence-corrected chi connectivity index (χ3v) is 5.25. The number of ether oxygens (including phenoxy) is 1. The number of hydrogen-bond acceptors (Lipinski definition) is 5. The first-order valence-electron chi connectivity index (χ1n) is 10.0. The molecule has 0 saturated carbocycles. The van der Waals surface area contributed by atoms with Crippen LogP contribution in [0.1, 0.15) is 29.5 Å². The molecule has 2 N–H and O–H groups in total. The van der Waals surface area contributed by atoms with Gasteiger partial charge >= 0.3 is 5.97 Å². The predicted octanol–water partition coefficient (Wildman–Crippen LogP) is 4.80. The van der Waals surface area contributed by atoms with Gasteiger partial charge in [-0.2, -0.15) is 0 Å². The molecule has 6 heteroatoms. The van der Waals surface area contributed by atoms with Crippen LogP contribution in [0.2, 0.25) is 0 Å². The van der Waals surface area contributed by atoms with E-state index < -0.39 is 5.97 Å². The van der Waals surface area contributed by atoms with Gasteiger partial charge in [0.1, 0.15) is 17.9 Å². The standard InChI is InChI=1S/C25H23NO5/c1-16(13-27)18-6-4-7-19(11-18)21-9-17(10-23-25(21)26-15-31-23)14-30-22-8-3-2-5-20(22)12-24(28)29/h2-11,15-16,27H,12-14H2,1H3,(H,28,29)/t16-/m1/s1. The highest BCUT2D eigenvalue weighted by Crippen LogP contribution is 2.32. The molecule has 0 fully saturated rings. The van der Waals surface area contributed by atoms with Gasteiger partial charge in [0.2, 0.25) is 0 Å². The largest absolute Gasteiger partial charge is 0.489 e. The number of rotatable bonds is 8. The Labute approximate surface area is 179 Å². The van der Waals surface area contributed by atoms with Crippen LogP contribution in [-0.2, 0) is 17.8 Å². The van der Waals surface area contributed by atoms with E-state index in [0.29, 0.717) is 16.9 Å². The lowest BCUT2D eigenvalue weighted by Gasteiger charge is -2.13. The van der Waals surface area contributed by atoms with Crippen LogP contribution in [0.4, 0.5) is 0 Å². The summed E-state index contributed by atoms with van der Waals surface area (Å²) in [6.07, 6.45) is 1.32. The Morgan fingerprint density at radius 3 is 2.77 bits per heavy atom. The molecule has 0 saturated heterocycles. The number of carboxylic acids is 1. The molecule has 6 nitrogen and oxygen atoms in total. The Morgan fingerprint density at radius 1 is 1.13 bits per heavy atom. The fourth-order valence-electron chi connectivity index (χ4n) is 3.56. The zero-order valence-electron chi connectivity index (χ0n) is 17.1. The first-order chi connectivity index (χ1) is 15.0. The fraction of sp³-hybridized carbons (Fsp3) is 0.200. The van der Waals surface area contributed by atoms with Crippen molar-refractivity contribution >= 4 is 17.1 Å². The number of nitrogens with zero attached hydrogens (tertiary/aromatic N) is 1. The van der Waals surface area contributed by atoms with Gasteiger partial charge in [0.15, 0.2) is 12.0 Å². The number of oxazole rings is 1. The number of aliphatic hydroxyl groups is 1. The van der Waals surface area contributed by atoms with Crippen molar-refractivity contribution in [1.29, 1.82) is 0 Å². The molecule has 3 aromatic carbocycles. The molecule has 0 spiro atoms. The molecule has 0 aliphatic heterocycles. The number of benzene rings is 3.